The van der Waals surface area contributed by atoms with Crippen molar-refractivity contribution in [2.75, 3.05) is 13.1 Å². The topological polar surface area (TPSA) is 49.8 Å². The summed E-state index contributed by atoms with van der Waals surface area (Å²) in [7, 11) is 0. The summed E-state index contributed by atoms with van der Waals surface area (Å²) in [5.74, 6) is -0.823. The Morgan fingerprint density at radius 1 is 1.44 bits per heavy atom. The van der Waals surface area contributed by atoms with Crippen LogP contribution in [-0.2, 0) is 4.84 Å². The first kappa shape index (κ1) is 12.8. The molecule has 0 saturated carbocycles. The molecule has 0 aliphatic rings. The van der Waals surface area contributed by atoms with Crippen LogP contribution in [0.15, 0.2) is 18.2 Å². The fraction of sp³-hybridized carbons (Fsp3) is 0.364. The van der Waals surface area contributed by atoms with Crippen LogP contribution >= 0.6 is 11.6 Å². The van der Waals surface area contributed by atoms with Crippen molar-refractivity contribution in [3.8, 4) is 5.75 Å². The number of carbonyl (C=O) groups excluding carboxylic acids is 1. The van der Waals surface area contributed by atoms with Gasteiger partial charge in [-0.15, -0.1) is 5.06 Å². The number of hydrogen-bond acceptors (Lipinski definition) is 4. The first-order valence-corrected chi connectivity index (χ1v) is 5.42. The number of aromatic hydroxyl groups is 1. The van der Waals surface area contributed by atoms with Crippen LogP contribution < -0.4 is 0 Å². The molecular formula is C11H14ClNO3. The predicted octanol–water partition coefficient (Wildman–Crippen LogP) is 2.46. The molecule has 0 saturated heterocycles. The molecule has 1 aromatic rings. The molecule has 0 aromatic heterocycles. The minimum atomic E-state index is -0.646. The van der Waals surface area contributed by atoms with Crippen LogP contribution in [0.4, 0.5) is 0 Å². The third-order valence-corrected chi connectivity index (χ3v) is 2.43. The van der Waals surface area contributed by atoms with E-state index in [0.717, 1.165) is 0 Å². The summed E-state index contributed by atoms with van der Waals surface area (Å²) in [6.07, 6.45) is 0. The molecule has 1 aromatic carbocycles. The first-order valence-electron chi connectivity index (χ1n) is 5.04. The molecule has 88 valence electrons. The van der Waals surface area contributed by atoms with E-state index in [2.05, 4.69) is 0 Å². The highest BCUT2D eigenvalue weighted by Crippen LogP contribution is 2.26. The van der Waals surface area contributed by atoms with E-state index >= 15 is 0 Å². The van der Waals surface area contributed by atoms with Crippen molar-refractivity contribution in [3.05, 3.63) is 28.8 Å². The van der Waals surface area contributed by atoms with Gasteiger partial charge in [0.25, 0.3) is 0 Å². The molecule has 1 N–H and O–H groups in total. The summed E-state index contributed by atoms with van der Waals surface area (Å²) in [5.41, 5.74) is -0.00364. The van der Waals surface area contributed by atoms with E-state index in [-0.39, 0.29) is 16.3 Å². The van der Waals surface area contributed by atoms with Gasteiger partial charge in [-0.05, 0) is 26.0 Å². The molecule has 0 amide bonds. The number of phenolic OH excluding ortho intramolecular Hbond substituents is 1. The minimum Gasteiger partial charge on any atom is -0.507 e. The van der Waals surface area contributed by atoms with Gasteiger partial charge in [-0.1, -0.05) is 17.7 Å². The number of hydroxylamine groups is 2. The standard InChI is InChI=1S/C11H14ClNO3/c1-3-13(4-2)16-11(15)10-8(12)6-5-7-9(10)14/h5-7,14H,3-4H2,1-2H3. The van der Waals surface area contributed by atoms with E-state index < -0.39 is 5.97 Å². The molecule has 0 atom stereocenters. The van der Waals surface area contributed by atoms with Crippen molar-refractivity contribution < 1.29 is 14.7 Å². The zero-order valence-corrected chi connectivity index (χ0v) is 9.99. The van der Waals surface area contributed by atoms with Gasteiger partial charge < -0.3 is 9.94 Å². The molecule has 0 bridgehead atoms. The molecule has 0 radical (unpaired) electrons. The Labute approximate surface area is 99.3 Å². The van der Waals surface area contributed by atoms with Crippen LogP contribution in [0.5, 0.6) is 5.75 Å². The lowest BCUT2D eigenvalue weighted by atomic mass is 10.2. The van der Waals surface area contributed by atoms with Crippen molar-refractivity contribution in [1.82, 2.24) is 5.06 Å². The van der Waals surface area contributed by atoms with E-state index in [9.17, 15) is 9.90 Å². The summed E-state index contributed by atoms with van der Waals surface area (Å²) < 4.78 is 0. The monoisotopic (exact) mass is 243 g/mol. The van der Waals surface area contributed by atoms with Crippen molar-refractivity contribution in [3.63, 3.8) is 0 Å². The highest BCUT2D eigenvalue weighted by molar-refractivity contribution is 6.33. The second-order valence-corrected chi connectivity index (χ2v) is 3.53. The van der Waals surface area contributed by atoms with Gasteiger partial charge in [-0.2, -0.15) is 0 Å². The summed E-state index contributed by atoms with van der Waals surface area (Å²) in [4.78, 5) is 16.8. The largest absolute Gasteiger partial charge is 0.507 e. The number of nitrogens with zero attached hydrogens (tertiary/aromatic N) is 1. The Balaban J connectivity index is 2.88. The zero-order valence-electron chi connectivity index (χ0n) is 9.24. The van der Waals surface area contributed by atoms with E-state index in [0.29, 0.717) is 13.1 Å². The molecule has 0 unspecified atom stereocenters. The van der Waals surface area contributed by atoms with Crippen molar-refractivity contribution in [2.45, 2.75) is 13.8 Å². The molecule has 1 rings (SSSR count). The zero-order chi connectivity index (χ0) is 12.1. The van der Waals surface area contributed by atoms with Crippen LogP contribution in [0.25, 0.3) is 0 Å². The number of halogens is 1. The molecule has 4 nitrogen and oxygen atoms in total. The Morgan fingerprint density at radius 3 is 2.56 bits per heavy atom. The van der Waals surface area contributed by atoms with Crippen LogP contribution in [-0.4, -0.2) is 29.2 Å². The van der Waals surface area contributed by atoms with Gasteiger partial charge in [0.1, 0.15) is 11.3 Å². The number of hydrogen-bond donors (Lipinski definition) is 1. The highest BCUT2D eigenvalue weighted by Gasteiger charge is 2.18. The second-order valence-electron chi connectivity index (χ2n) is 3.13. The highest BCUT2D eigenvalue weighted by atomic mass is 35.5. The maximum atomic E-state index is 11.7. The molecule has 16 heavy (non-hydrogen) atoms. The molecule has 5 heteroatoms. The lowest BCUT2D eigenvalue weighted by molar-refractivity contribution is -0.103. The molecule has 0 fully saturated rings. The van der Waals surface area contributed by atoms with Crippen molar-refractivity contribution in [2.24, 2.45) is 0 Å². The lowest BCUT2D eigenvalue weighted by Crippen LogP contribution is -2.27. The van der Waals surface area contributed by atoms with Crippen LogP contribution in [0, 0.1) is 0 Å². The van der Waals surface area contributed by atoms with Gasteiger partial charge in [0.2, 0.25) is 0 Å². The van der Waals surface area contributed by atoms with Gasteiger partial charge in [-0.25, -0.2) is 4.79 Å². The lowest BCUT2D eigenvalue weighted by Gasteiger charge is -2.17. The van der Waals surface area contributed by atoms with Crippen LogP contribution in [0.3, 0.4) is 0 Å². The first-order chi connectivity index (χ1) is 7.60. The Kier molecular flexibility index (Phi) is 4.58. The summed E-state index contributed by atoms with van der Waals surface area (Å²) in [5, 5.41) is 11.2. The maximum Gasteiger partial charge on any atom is 0.362 e. The normalized spacial score (nSPS) is 10.5. The molecule has 0 spiro atoms. The number of rotatable bonds is 4. The maximum absolute atomic E-state index is 11.7. The minimum absolute atomic E-state index is 0.00364. The van der Waals surface area contributed by atoms with E-state index in [1.807, 2.05) is 13.8 Å². The molecular weight excluding hydrogens is 230 g/mol. The fourth-order valence-corrected chi connectivity index (χ4v) is 1.48. The van der Waals surface area contributed by atoms with Gasteiger partial charge in [0, 0.05) is 13.1 Å². The summed E-state index contributed by atoms with van der Waals surface area (Å²) in [6, 6.07) is 4.48. The number of carbonyl (C=O) groups is 1. The average molecular weight is 244 g/mol. The van der Waals surface area contributed by atoms with Crippen molar-refractivity contribution >= 4 is 17.6 Å². The average Bonchev–Trinajstić information content (AvgIpc) is 2.25. The van der Waals surface area contributed by atoms with Gasteiger partial charge in [0.15, 0.2) is 0 Å². The van der Waals surface area contributed by atoms with Gasteiger partial charge in [-0.3, -0.25) is 0 Å². The second kappa shape index (κ2) is 5.72. The molecule has 0 heterocycles. The number of phenols is 1. The van der Waals surface area contributed by atoms with Crippen LogP contribution in [0.1, 0.15) is 24.2 Å². The Bertz CT molecular complexity index is 357. The SMILES string of the molecule is CCN(CC)OC(=O)c1c(O)cccc1Cl. The number of benzene rings is 1. The van der Waals surface area contributed by atoms with E-state index in [1.165, 1.54) is 17.2 Å². The van der Waals surface area contributed by atoms with Crippen LogP contribution in [0.2, 0.25) is 5.02 Å². The quantitative estimate of drug-likeness (QED) is 0.826. The van der Waals surface area contributed by atoms with Gasteiger partial charge in [0.05, 0.1) is 5.02 Å². The van der Waals surface area contributed by atoms with E-state index in [4.69, 9.17) is 16.4 Å². The molecule has 0 aliphatic carbocycles. The molecule has 0 aliphatic heterocycles. The summed E-state index contributed by atoms with van der Waals surface area (Å²) in [6.45, 7) is 4.88. The summed E-state index contributed by atoms with van der Waals surface area (Å²) >= 11 is 5.81. The smallest absolute Gasteiger partial charge is 0.362 e. The fourth-order valence-electron chi connectivity index (χ4n) is 1.23. The Morgan fingerprint density at radius 2 is 2.06 bits per heavy atom. The predicted molar refractivity (Wildman–Crippen MR) is 61.5 cm³/mol. The third kappa shape index (κ3) is 2.87. The Hall–Kier alpha value is -1.26. The third-order valence-electron chi connectivity index (χ3n) is 2.11. The van der Waals surface area contributed by atoms with Crippen molar-refractivity contribution in [1.29, 1.82) is 0 Å². The van der Waals surface area contributed by atoms with Gasteiger partial charge >= 0.3 is 5.97 Å². The van der Waals surface area contributed by atoms with E-state index in [1.54, 1.807) is 6.07 Å².